The van der Waals surface area contributed by atoms with Gasteiger partial charge in [-0.2, -0.15) is 0 Å². The molecule has 134 valence electrons. The van der Waals surface area contributed by atoms with Crippen LogP contribution >= 0.6 is 43.2 Å². The minimum absolute atomic E-state index is 0.875. The summed E-state index contributed by atoms with van der Waals surface area (Å²) in [5.41, 5.74) is 0. The molecule has 2 saturated carbocycles. The maximum Gasteiger partial charge on any atom is 0.0205 e. The average molecular weight is 391 g/mol. The largest absolute Gasteiger partial charge is 0.0936 e. The van der Waals surface area contributed by atoms with Crippen molar-refractivity contribution in [2.45, 2.75) is 82.0 Å². The van der Waals surface area contributed by atoms with E-state index in [1.165, 1.54) is 44.3 Å². The Hall–Kier alpha value is 1.40. The molecule has 0 aromatic heterocycles. The minimum Gasteiger partial charge on any atom is -0.0936 e. The topological polar surface area (TPSA) is 0 Å². The number of hydrogen-bond donors (Lipinski definition) is 0. The van der Waals surface area contributed by atoms with Crippen LogP contribution in [0.5, 0.6) is 0 Å². The highest BCUT2D eigenvalue weighted by atomic mass is 33.1. The molecule has 0 radical (unpaired) electrons. The molecule has 4 heteroatoms. The Morgan fingerprint density at radius 3 is 2.26 bits per heavy atom. The molecule has 0 amide bonds. The second-order valence-electron chi connectivity index (χ2n) is 8.54. The van der Waals surface area contributed by atoms with Crippen LogP contribution < -0.4 is 0 Å². The molecule has 2 heterocycles. The number of fused-ring (bicyclic) bond motifs is 2. The summed E-state index contributed by atoms with van der Waals surface area (Å²) in [6.07, 6.45) is 9.02. The highest BCUT2D eigenvalue weighted by Crippen LogP contribution is 2.57. The second kappa shape index (κ2) is 8.86. The fourth-order valence-electron chi connectivity index (χ4n) is 4.18. The maximum absolute atomic E-state index is 2.38. The van der Waals surface area contributed by atoms with Crippen LogP contribution in [0, 0.1) is 29.6 Å². The van der Waals surface area contributed by atoms with Crippen molar-refractivity contribution in [2.75, 3.05) is 5.75 Å². The van der Waals surface area contributed by atoms with Gasteiger partial charge in [0.05, 0.1) is 0 Å². The summed E-state index contributed by atoms with van der Waals surface area (Å²) in [5.74, 6) is 6.48. The molecule has 4 rings (SSSR count). The minimum atomic E-state index is 0.875. The van der Waals surface area contributed by atoms with Gasteiger partial charge in [-0.25, -0.2) is 0 Å². The van der Waals surface area contributed by atoms with E-state index in [0.717, 1.165) is 45.3 Å². The van der Waals surface area contributed by atoms with E-state index >= 15 is 0 Å². The van der Waals surface area contributed by atoms with E-state index < -0.39 is 0 Å². The van der Waals surface area contributed by atoms with Gasteiger partial charge >= 0.3 is 0 Å². The molecule has 6 atom stereocenters. The first-order chi connectivity index (χ1) is 11.1. The van der Waals surface area contributed by atoms with Crippen molar-refractivity contribution >= 4 is 43.2 Å². The molecule has 0 bridgehead atoms. The molecule has 6 unspecified atom stereocenters. The maximum atomic E-state index is 2.38. The van der Waals surface area contributed by atoms with Crippen LogP contribution in [0.1, 0.15) is 66.2 Å². The molecule has 2 saturated heterocycles. The number of rotatable bonds is 2. The Morgan fingerprint density at radius 2 is 1.57 bits per heavy atom. The summed E-state index contributed by atoms with van der Waals surface area (Å²) in [4.78, 5) is 0. The van der Waals surface area contributed by atoms with Crippen LogP contribution in [-0.4, -0.2) is 21.5 Å². The molecular formula is C19H34S4. The highest BCUT2D eigenvalue weighted by Gasteiger charge is 2.47. The Kier molecular flexibility index (Phi) is 7.39. The van der Waals surface area contributed by atoms with Gasteiger partial charge in [0.2, 0.25) is 0 Å². The molecule has 0 N–H and O–H groups in total. The van der Waals surface area contributed by atoms with Crippen molar-refractivity contribution in [2.24, 2.45) is 29.6 Å². The summed E-state index contributed by atoms with van der Waals surface area (Å²) in [6, 6.07) is 0. The van der Waals surface area contributed by atoms with E-state index in [1.54, 1.807) is 0 Å². The quantitative estimate of drug-likeness (QED) is 0.450. The predicted molar refractivity (Wildman–Crippen MR) is 114 cm³/mol. The van der Waals surface area contributed by atoms with Gasteiger partial charge in [-0.1, -0.05) is 83.7 Å². The summed E-state index contributed by atoms with van der Waals surface area (Å²) in [5, 5.41) is 2.92. The lowest BCUT2D eigenvalue weighted by Gasteiger charge is -2.39. The van der Waals surface area contributed by atoms with Gasteiger partial charge in [0.15, 0.2) is 0 Å². The molecular weight excluding hydrogens is 356 g/mol. The lowest BCUT2D eigenvalue weighted by Crippen LogP contribution is -2.30. The van der Waals surface area contributed by atoms with Gasteiger partial charge in [0, 0.05) is 21.5 Å². The Bertz CT molecular complexity index is 370. The summed E-state index contributed by atoms with van der Waals surface area (Å²) in [7, 11) is 8.61. The highest BCUT2D eigenvalue weighted by molar-refractivity contribution is 8.77. The molecule has 0 spiro atoms. The van der Waals surface area contributed by atoms with Crippen LogP contribution in [0.15, 0.2) is 0 Å². The first kappa shape index (κ1) is 19.2. The van der Waals surface area contributed by atoms with Crippen molar-refractivity contribution in [3.05, 3.63) is 0 Å². The van der Waals surface area contributed by atoms with E-state index in [-0.39, 0.29) is 0 Å². The lowest BCUT2D eigenvalue weighted by molar-refractivity contribution is 0.330. The fourth-order valence-corrected chi connectivity index (χ4v) is 12.0. The first-order valence-corrected chi connectivity index (χ1v) is 14.3. The van der Waals surface area contributed by atoms with E-state index in [2.05, 4.69) is 70.9 Å². The zero-order valence-corrected chi connectivity index (χ0v) is 18.5. The lowest BCUT2D eigenvalue weighted by atomic mass is 9.84. The summed E-state index contributed by atoms with van der Waals surface area (Å²) < 4.78 is 0. The standard InChI is InChI=1S/C11H20S2.C8H14S2/c1-8(2)11-7-9-5-3-4-6-10(9)12-13-11;1-5(2)8-7-3-6(7)4-9-10-8/h8-11H,3-7H2,1-2H3;5-8H,3-4H2,1-2H3. The van der Waals surface area contributed by atoms with Crippen molar-refractivity contribution in [3.63, 3.8) is 0 Å². The van der Waals surface area contributed by atoms with Crippen LogP contribution in [0.25, 0.3) is 0 Å². The van der Waals surface area contributed by atoms with Crippen LogP contribution in [-0.2, 0) is 0 Å². The van der Waals surface area contributed by atoms with Gasteiger partial charge in [-0.3, -0.25) is 0 Å². The second-order valence-corrected chi connectivity index (χ2v) is 13.9. The normalized spacial score (nSPS) is 42.5. The Labute approximate surface area is 160 Å². The fraction of sp³-hybridized carbons (Fsp3) is 1.00. The molecule has 4 aliphatic rings. The van der Waals surface area contributed by atoms with E-state index in [0.29, 0.717) is 0 Å². The molecule has 0 aromatic carbocycles. The van der Waals surface area contributed by atoms with Crippen molar-refractivity contribution in [1.29, 1.82) is 0 Å². The zero-order valence-electron chi connectivity index (χ0n) is 15.2. The van der Waals surface area contributed by atoms with Crippen LogP contribution in [0.4, 0.5) is 0 Å². The molecule has 2 aliphatic carbocycles. The van der Waals surface area contributed by atoms with Crippen molar-refractivity contribution < 1.29 is 0 Å². The van der Waals surface area contributed by atoms with E-state index in [1.807, 2.05) is 0 Å². The van der Waals surface area contributed by atoms with E-state index in [9.17, 15) is 0 Å². The third kappa shape index (κ3) is 5.20. The summed E-state index contributed by atoms with van der Waals surface area (Å²) in [6.45, 7) is 9.47. The van der Waals surface area contributed by atoms with Gasteiger partial charge < -0.3 is 0 Å². The third-order valence-electron chi connectivity index (χ3n) is 5.94. The van der Waals surface area contributed by atoms with E-state index in [4.69, 9.17) is 0 Å². The van der Waals surface area contributed by atoms with Gasteiger partial charge in [0.25, 0.3) is 0 Å². The van der Waals surface area contributed by atoms with Gasteiger partial charge in [-0.05, 0) is 55.3 Å². The monoisotopic (exact) mass is 390 g/mol. The molecule has 23 heavy (non-hydrogen) atoms. The first-order valence-electron chi connectivity index (χ1n) is 9.66. The van der Waals surface area contributed by atoms with Crippen molar-refractivity contribution in [3.8, 4) is 0 Å². The van der Waals surface area contributed by atoms with Crippen molar-refractivity contribution in [1.82, 2.24) is 0 Å². The van der Waals surface area contributed by atoms with Crippen LogP contribution in [0.3, 0.4) is 0 Å². The van der Waals surface area contributed by atoms with Crippen LogP contribution in [0.2, 0.25) is 0 Å². The smallest absolute Gasteiger partial charge is 0.0205 e. The predicted octanol–water partition coefficient (Wildman–Crippen LogP) is 7.40. The SMILES string of the molecule is CC(C)C1CC2CCCCC2SS1.CC(C)C1SSCC2CC21. The molecule has 0 aromatic rings. The number of hydrogen-bond acceptors (Lipinski definition) is 4. The Balaban J connectivity index is 0.000000140. The average Bonchev–Trinajstić information content (AvgIpc) is 3.34. The molecule has 4 fully saturated rings. The summed E-state index contributed by atoms with van der Waals surface area (Å²) >= 11 is 0. The Morgan fingerprint density at radius 1 is 0.783 bits per heavy atom. The molecule has 0 nitrogen and oxygen atoms in total. The molecule has 2 aliphatic heterocycles. The van der Waals surface area contributed by atoms with Gasteiger partial charge in [-0.15, -0.1) is 0 Å². The third-order valence-corrected chi connectivity index (χ3v) is 13.0. The zero-order chi connectivity index (χ0) is 16.4. The van der Waals surface area contributed by atoms with Gasteiger partial charge in [0.1, 0.15) is 0 Å².